The van der Waals surface area contributed by atoms with Gasteiger partial charge in [-0.25, -0.2) is 4.72 Å². The Morgan fingerprint density at radius 3 is 2.33 bits per heavy atom. The molecule has 9 nitrogen and oxygen atoms in total. The van der Waals surface area contributed by atoms with Gasteiger partial charge in [-0.15, -0.1) is 0 Å². The van der Waals surface area contributed by atoms with Crippen LogP contribution < -0.4 is 10.0 Å². The fourth-order valence-electron chi connectivity index (χ4n) is 2.51. The lowest BCUT2D eigenvalue weighted by atomic mass is 10.3. The van der Waals surface area contributed by atoms with E-state index >= 15 is 0 Å². The van der Waals surface area contributed by atoms with E-state index in [4.69, 9.17) is 4.74 Å². The summed E-state index contributed by atoms with van der Waals surface area (Å²) < 4.78 is 34.0. The molecule has 0 saturated carbocycles. The summed E-state index contributed by atoms with van der Waals surface area (Å²) in [5, 5.41) is 13.6. The fourth-order valence-corrected chi connectivity index (χ4v) is 3.86. The van der Waals surface area contributed by atoms with Crippen LogP contribution in [0.1, 0.15) is 13.8 Å². The zero-order valence-corrected chi connectivity index (χ0v) is 14.5. The van der Waals surface area contributed by atoms with Gasteiger partial charge in [0.2, 0.25) is 0 Å². The van der Waals surface area contributed by atoms with E-state index in [0.717, 1.165) is 0 Å². The molecule has 1 aliphatic heterocycles. The maximum atomic E-state index is 12.3. The lowest BCUT2D eigenvalue weighted by Gasteiger charge is -2.34. The van der Waals surface area contributed by atoms with Crippen molar-refractivity contribution < 1.29 is 18.1 Å². The van der Waals surface area contributed by atoms with Gasteiger partial charge in [0.05, 0.1) is 17.1 Å². The second-order valence-electron chi connectivity index (χ2n) is 5.70. The number of morpholine rings is 1. The van der Waals surface area contributed by atoms with Gasteiger partial charge in [-0.1, -0.05) is 0 Å². The Morgan fingerprint density at radius 2 is 1.79 bits per heavy atom. The Hall–Kier alpha value is -1.75. The molecular weight excluding hydrogens is 336 g/mol. The van der Waals surface area contributed by atoms with Crippen LogP contribution in [0.5, 0.6) is 0 Å². The molecule has 0 aliphatic carbocycles. The van der Waals surface area contributed by atoms with Gasteiger partial charge >= 0.3 is 0 Å². The van der Waals surface area contributed by atoms with Gasteiger partial charge in [0.15, 0.2) is 0 Å². The van der Waals surface area contributed by atoms with Crippen molar-refractivity contribution in [3.05, 3.63) is 34.4 Å². The lowest BCUT2D eigenvalue weighted by molar-refractivity contribution is -0.384. The molecule has 0 spiro atoms. The molecule has 2 rings (SSSR count). The van der Waals surface area contributed by atoms with Gasteiger partial charge in [0.25, 0.3) is 15.9 Å². The van der Waals surface area contributed by atoms with E-state index in [2.05, 4.69) is 10.0 Å². The summed E-state index contributed by atoms with van der Waals surface area (Å²) >= 11 is 0. The summed E-state index contributed by atoms with van der Waals surface area (Å²) in [4.78, 5) is 10.1. The fraction of sp³-hybridized carbons (Fsp3) is 0.571. The Bertz CT molecular complexity index is 654. The van der Waals surface area contributed by atoms with Crippen LogP contribution in [0.15, 0.2) is 24.3 Å². The van der Waals surface area contributed by atoms with Crippen LogP contribution in [0.4, 0.5) is 11.4 Å². The van der Waals surface area contributed by atoms with Gasteiger partial charge in [0, 0.05) is 44.0 Å². The molecule has 0 bridgehead atoms. The van der Waals surface area contributed by atoms with Crippen molar-refractivity contribution in [3.8, 4) is 0 Å². The highest BCUT2D eigenvalue weighted by Gasteiger charge is 2.30. The maximum absolute atomic E-state index is 12.3. The molecule has 1 saturated heterocycles. The standard InChI is InChI=1S/C14H22N4O5S/c1-11-9-17(10-12(2)23-11)24(21,22)16-8-7-15-13-3-5-14(6-4-13)18(19)20/h3-6,11-12,15-16H,7-10H2,1-2H3. The Morgan fingerprint density at radius 1 is 1.21 bits per heavy atom. The highest BCUT2D eigenvalue weighted by atomic mass is 32.2. The summed E-state index contributed by atoms with van der Waals surface area (Å²) in [6.45, 7) is 4.92. The minimum absolute atomic E-state index is 0.0109. The number of nitrogens with zero attached hydrogens (tertiary/aromatic N) is 2. The molecule has 134 valence electrons. The smallest absolute Gasteiger partial charge is 0.279 e. The first-order valence-electron chi connectivity index (χ1n) is 7.66. The minimum atomic E-state index is -3.55. The first kappa shape index (κ1) is 18.6. The van der Waals surface area contributed by atoms with Crippen LogP contribution in [-0.4, -0.2) is 56.0 Å². The molecular formula is C14H22N4O5S. The van der Waals surface area contributed by atoms with Crippen molar-refractivity contribution in [3.63, 3.8) is 0 Å². The van der Waals surface area contributed by atoms with Crippen LogP contribution >= 0.6 is 0 Å². The average Bonchev–Trinajstić information content (AvgIpc) is 2.51. The summed E-state index contributed by atoms with van der Waals surface area (Å²) in [6.07, 6.45) is -0.271. The Labute approximate surface area is 141 Å². The highest BCUT2D eigenvalue weighted by molar-refractivity contribution is 7.87. The van der Waals surface area contributed by atoms with E-state index in [1.54, 1.807) is 12.1 Å². The molecule has 1 fully saturated rings. The van der Waals surface area contributed by atoms with Crippen molar-refractivity contribution in [2.75, 3.05) is 31.5 Å². The van der Waals surface area contributed by atoms with Gasteiger partial charge in [-0.3, -0.25) is 10.1 Å². The van der Waals surface area contributed by atoms with E-state index in [1.165, 1.54) is 16.4 Å². The predicted octanol–water partition coefficient (Wildman–Crippen LogP) is 0.950. The third-order valence-corrected chi connectivity index (χ3v) is 5.09. The number of hydrogen-bond acceptors (Lipinski definition) is 6. The largest absolute Gasteiger partial charge is 0.384 e. The molecule has 0 amide bonds. The predicted molar refractivity (Wildman–Crippen MR) is 90.1 cm³/mol. The molecule has 1 aromatic rings. The monoisotopic (exact) mass is 358 g/mol. The molecule has 24 heavy (non-hydrogen) atoms. The molecule has 1 aliphatic rings. The van der Waals surface area contributed by atoms with Gasteiger partial charge in [-0.2, -0.15) is 12.7 Å². The van der Waals surface area contributed by atoms with Crippen molar-refractivity contribution >= 4 is 21.6 Å². The molecule has 10 heteroatoms. The number of hydrogen-bond donors (Lipinski definition) is 2. The maximum Gasteiger partial charge on any atom is 0.279 e. The number of nitro benzene ring substituents is 1. The van der Waals surface area contributed by atoms with E-state index in [9.17, 15) is 18.5 Å². The second-order valence-corrected chi connectivity index (χ2v) is 7.46. The SMILES string of the molecule is CC1CN(S(=O)(=O)NCCNc2ccc([N+](=O)[O-])cc2)CC(C)O1. The van der Waals surface area contributed by atoms with Crippen LogP contribution in [0.3, 0.4) is 0 Å². The summed E-state index contributed by atoms with van der Waals surface area (Å²) in [7, 11) is -3.55. The number of nitro groups is 1. The van der Waals surface area contributed by atoms with Crippen molar-refractivity contribution in [2.45, 2.75) is 26.1 Å². The summed E-state index contributed by atoms with van der Waals surface area (Å²) in [5.41, 5.74) is 0.699. The molecule has 0 aromatic heterocycles. The second kappa shape index (κ2) is 7.88. The van der Waals surface area contributed by atoms with E-state index in [0.29, 0.717) is 25.3 Å². The normalized spacial score (nSPS) is 22.2. The zero-order chi connectivity index (χ0) is 17.7. The van der Waals surface area contributed by atoms with E-state index < -0.39 is 15.1 Å². The highest BCUT2D eigenvalue weighted by Crippen LogP contribution is 2.15. The van der Waals surface area contributed by atoms with Gasteiger partial charge in [-0.05, 0) is 26.0 Å². The van der Waals surface area contributed by atoms with Crippen LogP contribution in [0.25, 0.3) is 0 Å². The zero-order valence-electron chi connectivity index (χ0n) is 13.6. The topological polar surface area (TPSA) is 114 Å². The van der Waals surface area contributed by atoms with Crippen LogP contribution in [0, 0.1) is 10.1 Å². The first-order valence-corrected chi connectivity index (χ1v) is 9.10. The molecule has 0 radical (unpaired) electrons. The molecule has 2 N–H and O–H groups in total. The van der Waals surface area contributed by atoms with Gasteiger partial charge < -0.3 is 10.1 Å². The number of nitrogens with one attached hydrogen (secondary N) is 2. The number of rotatable bonds is 7. The quantitative estimate of drug-likeness (QED) is 0.426. The molecule has 2 atom stereocenters. The minimum Gasteiger partial charge on any atom is -0.384 e. The Balaban J connectivity index is 1.79. The molecule has 1 heterocycles. The number of ether oxygens (including phenoxy) is 1. The summed E-state index contributed by atoms with van der Waals surface area (Å²) in [6, 6.07) is 5.95. The number of benzene rings is 1. The molecule has 1 aromatic carbocycles. The first-order chi connectivity index (χ1) is 11.3. The number of anilines is 1. The van der Waals surface area contributed by atoms with Crippen molar-refractivity contribution in [1.29, 1.82) is 0 Å². The van der Waals surface area contributed by atoms with Crippen LogP contribution in [-0.2, 0) is 14.9 Å². The van der Waals surface area contributed by atoms with E-state index in [1.807, 2.05) is 13.8 Å². The third-order valence-electron chi connectivity index (χ3n) is 3.54. The number of non-ortho nitro benzene ring substituents is 1. The lowest BCUT2D eigenvalue weighted by Crippen LogP contribution is -2.52. The van der Waals surface area contributed by atoms with E-state index in [-0.39, 0.29) is 24.4 Å². The van der Waals surface area contributed by atoms with Crippen molar-refractivity contribution in [2.24, 2.45) is 0 Å². The third kappa shape index (κ3) is 5.13. The Kier molecular flexibility index (Phi) is 6.10. The van der Waals surface area contributed by atoms with Gasteiger partial charge in [0.1, 0.15) is 0 Å². The summed E-state index contributed by atoms with van der Waals surface area (Å²) in [5.74, 6) is 0. The average molecular weight is 358 g/mol. The van der Waals surface area contributed by atoms with Crippen molar-refractivity contribution in [1.82, 2.24) is 9.03 Å². The molecule has 2 unspecified atom stereocenters. The van der Waals surface area contributed by atoms with Crippen LogP contribution in [0.2, 0.25) is 0 Å².